The van der Waals surface area contributed by atoms with E-state index in [0.29, 0.717) is 6.04 Å². The standard InChI is InChI=1S/C18H30N2/c1-5-15-10-9-11-16(14-15)17(19-4)18(2,3)20-12-7-6-8-13-20/h9-11,14,17,19H,5-8,12-13H2,1-4H3. The van der Waals surface area contributed by atoms with Gasteiger partial charge in [0.1, 0.15) is 0 Å². The van der Waals surface area contributed by atoms with Crippen molar-refractivity contribution < 1.29 is 0 Å². The van der Waals surface area contributed by atoms with Gasteiger partial charge in [0.25, 0.3) is 0 Å². The van der Waals surface area contributed by atoms with Crippen LogP contribution in [0.2, 0.25) is 0 Å². The lowest BCUT2D eigenvalue weighted by atomic mass is 9.85. The highest BCUT2D eigenvalue weighted by Crippen LogP contribution is 2.33. The summed E-state index contributed by atoms with van der Waals surface area (Å²) in [5.74, 6) is 0. The molecule has 1 atom stereocenters. The fourth-order valence-electron chi connectivity index (χ4n) is 3.57. The molecule has 2 nitrogen and oxygen atoms in total. The molecule has 1 N–H and O–H groups in total. The zero-order chi connectivity index (χ0) is 14.6. The van der Waals surface area contributed by atoms with Crippen LogP contribution >= 0.6 is 0 Å². The van der Waals surface area contributed by atoms with Crippen LogP contribution in [-0.4, -0.2) is 30.6 Å². The Morgan fingerprint density at radius 3 is 2.50 bits per heavy atom. The van der Waals surface area contributed by atoms with Crippen LogP contribution in [0.15, 0.2) is 24.3 Å². The Bertz CT molecular complexity index is 419. The summed E-state index contributed by atoms with van der Waals surface area (Å²) in [6.45, 7) is 9.47. The van der Waals surface area contributed by atoms with E-state index < -0.39 is 0 Å². The minimum atomic E-state index is 0.154. The second-order valence-corrected chi connectivity index (χ2v) is 6.52. The molecular weight excluding hydrogens is 244 g/mol. The molecule has 1 aromatic rings. The van der Waals surface area contributed by atoms with Crippen LogP contribution in [0.4, 0.5) is 0 Å². The van der Waals surface area contributed by atoms with Crippen LogP contribution in [0.25, 0.3) is 0 Å². The Balaban J connectivity index is 2.24. The molecule has 2 rings (SSSR count). The number of benzene rings is 1. The first-order valence-electron chi connectivity index (χ1n) is 8.10. The zero-order valence-corrected chi connectivity index (χ0v) is 13.6. The number of nitrogens with zero attached hydrogens (tertiary/aromatic N) is 1. The van der Waals surface area contributed by atoms with Crippen molar-refractivity contribution in [2.45, 2.75) is 58.0 Å². The summed E-state index contributed by atoms with van der Waals surface area (Å²) in [5.41, 5.74) is 3.00. The van der Waals surface area contributed by atoms with Gasteiger partial charge in [0, 0.05) is 11.6 Å². The Morgan fingerprint density at radius 1 is 1.20 bits per heavy atom. The third-order valence-corrected chi connectivity index (χ3v) is 4.86. The second-order valence-electron chi connectivity index (χ2n) is 6.52. The molecule has 112 valence electrons. The van der Waals surface area contributed by atoms with E-state index in [1.54, 1.807) is 0 Å². The summed E-state index contributed by atoms with van der Waals surface area (Å²) in [6.07, 6.45) is 5.18. The maximum absolute atomic E-state index is 3.57. The first-order chi connectivity index (χ1) is 9.59. The van der Waals surface area contributed by atoms with Crippen LogP contribution in [0, 0.1) is 0 Å². The molecular formula is C18H30N2. The summed E-state index contributed by atoms with van der Waals surface area (Å²) in [4.78, 5) is 2.66. The van der Waals surface area contributed by atoms with Gasteiger partial charge in [0.15, 0.2) is 0 Å². The van der Waals surface area contributed by atoms with E-state index in [0.717, 1.165) is 6.42 Å². The summed E-state index contributed by atoms with van der Waals surface area (Å²) in [5, 5.41) is 3.57. The quantitative estimate of drug-likeness (QED) is 0.879. The molecule has 1 heterocycles. The largest absolute Gasteiger partial charge is 0.311 e. The van der Waals surface area contributed by atoms with Crippen molar-refractivity contribution in [3.8, 4) is 0 Å². The molecule has 1 aliphatic heterocycles. The maximum Gasteiger partial charge on any atom is 0.0499 e. The van der Waals surface area contributed by atoms with Gasteiger partial charge in [0.05, 0.1) is 0 Å². The molecule has 0 spiro atoms. The first kappa shape index (κ1) is 15.5. The number of rotatable bonds is 5. The van der Waals surface area contributed by atoms with E-state index in [1.165, 1.54) is 43.5 Å². The third-order valence-electron chi connectivity index (χ3n) is 4.86. The van der Waals surface area contributed by atoms with Crippen molar-refractivity contribution in [1.29, 1.82) is 0 Å². The van der Waals surface area contributed by atoms with E-state index in [-0.39, 0.29) is 5.54 Å². The summed E-state index contributed by atoms with van der Waals surface area (Å²) < 4.78 is 0. The highest BCUT2D eigenvalue weighted by atomic mass is 15.2. The molecule has 0 radical (unpaired) electrons. The highest BCUT2D eigenvalue weighted by molar-refractivity contribution is 5.28. The van der Waals surface area contributed by atoms with Gasteiger partial charge in [-0.1, -0.05) is 37.6 Å². The number of likely N-dealkylation sites (N-methyl/N-ethyl adjacent to an activating group) is 1. The lowest BCUT2D eigenvalue weighted by Crippen LogP contribution is -2.53. The van der Waals surface area contributed by atoms with E-state index in [9.17, 15) is 0 Å². The molecule has 0 aliphatic carbocycles. The van der Waals surface area contributed by atoms with Gasteiger partial charge in [0.2, 0.25) is 0 Å². The van der Waals surface area contributed by atoms with Crippen LogP contribution in [-0.2, 0) is 6.42 Å². The zero-order valence-electron chi connectivity index (χ0n) is 13.6. The smallest absolute Gasteiger partial charge is 0.0499 e. The molecule has 0 aromatic heterocycles. The van der Waals surface area contributed by atoms with Crippen molar-refractivity contribution in [2.75, 3.05) is 20.1 Å². The van der Waals surface area contributed by atoms with E-state index in [1.807, 2.05) is 0 Å². The van der Waals surface area contributed by atoms with E-state index in [2.05, 4.69) is 62.3 Å². The monoisotopic (exact) mass is 274 g/mol. The van der Waals surface area contributed by atoms with Gasteiger partial charge in [-0.15, -0.1) is 0 Å². The number of hydrogen-bond donors (Lipinski definition) is 1. The van der Waals surface area contributed by atoms with E-state index in [4.69, 9.17) is 0 Å². The molecule has 2 heteroatoms. The third kappa shape index (κ3) is 3.24. The Labute approximate surface area is 124 Å². The summed E-state index contributed by atoms with van der Waals surface area (Å²) in [7, 11) is 2.09. The van der Waals surface area contributed by atoms with Crippen molar-refractivity contribution >= 4 is 0 Å². The first-order valence-corrected chi connectivity index (χ1v) is 8.10. The van der Waals surface area contributed by atoms with Gasteiger partial charge < -0.3 is 5.32 Å². The van der Waals surface area contributed by atoms with Crippen LogP contribution in [0.1, 0.15) is 57.2 Å². The molecule has 0 saturated carbocycles. The molecule has 20 heavy (non-hydrogen) atoms. The Morgan fingerprint density at radius 2 is 1.90 bits per heavy atom. The average molecular weight is 274 g/mol. The van der Waals surface area contributed by atoms with Gasteiger partial charge in [-0.05, 0) is 64.4 Å². The van der Waals surface area contributed by atoms with E-state index >= 15 is 0 Å². The van der Waals surface area contributed by atoms with Crippen molar-refractivity contribution in [2.24, 2.45) is 0 Å². The average Bonchev–Trinajstić information content (AvgIpc) is 2.49. The van der Waals surface area contributed by atoms with Gasteiger partial charge in [-0.2, -0.15) is 0 Å². The van der Waals surface area contributed by atoms with Gasteiger partial charge in [-0.3, -0.25) is 4.90 Å². The molecule has 1 unspecified atom stereocenters. The van der Waals surface area contributed by atoms with Crippen molar-refractivity contribution in [1.82, 2.24) is 10.2 Å². The number of piperidine rings is 1. The van der Waals surface area contributed by atoms with Crippen LogP contribution in [0.3, 0.4) is 0 Å². The SMILES string of the molecule is CCc1cccc(C(NC)C(C)(C)N2CCCCC2)c1. The fraction of sp³-hybridized carbons (Fsp3) is 0.667. The Kier molecular flexibility index (Phi) is 5.22. The highest BCUT2D eigenvalue weighted by Gasteiger charge is 2.36. The summed E-state index contributed by atoms with van der Waals surface area (Å²) >= 11 is 0. The number of hydrogen-bond acceptors (Lipinski definition) is 2. The number of nitrogens with one attached hydrogen (secondary N) is 1. The lowest BCUT2D eigenvalue weighted by molar-refractivity contribution is 0.0632. The van der Waals surface area contributed by atoms with Gasteiger partial charge >= 0.3 is 0 Å². The van der Waals surface area contributed by atoms with Gasteiger partial charge in [-0.25, -0.2) is 0 Å². The van der Waals surface area contributed by atoms with Crippen LogP contribution in [0.5, 0.6) is 0 Å². The molecule has 1 fully saturated rings. The summed E-state index contributed by atoms with van der Waals surface area (Å²) in [6, 6.07) is 9.44. The number of aryl methyl sites for hydroxylation is 1. The topological polar surface area (TPSA) is 15.3 Å². The molecule has 0 amide bonds. The fourth-order valence-corrected chi connectivity index (χ4v) is 3.57. The minimum absolute atomic E-state index is 0.154. The molecule has 0 bridgehead atoms. The molecule has 1 saturated heterocycles. The predicted molar refractivity (Wildman–Crippen MR) is 87.1 cm³/mol. The molecule has 1 aromatic carbocycles. The number of likely N-dealkylation sites (tertiary alicyclic amines) is 1. The second kappa shape index (κ2) is 6.73. The lowest BCUT2D eigenvalue weighted by Gasteiger charge is -2.46. The minimum Gasteiger partial charge on any atom is -0.311 e. The van der Waals surface area contributed by atoms with Crippen molar-refractivity contribution in [3.63, 3.8) is 0 Å². The molecule has 1 aliphatic rings. The van der Waals surface area contributed by atoms with Crippen molar-refractivity contribution in [3.05, 3.63) is 35.4 Å². The van der Waals surface area contributed by atoms with Crippen LogP contribution < -0.4 is 5.32 Å². The normalized spacial score (nSPS) is 19.0. The maximum atomic E-state index is 3.57. The Hall–Kier alpha value is -0.860. The predicted octanol–water partition coefficient (Wildman–Crippen LogP) is 3.77.